The van der Waals surface area contributed by atoms with E-state index in [-0.39, 0.29) is 0 Å². The number of halogens is 1. The van der Waals surface area contributed by atoms with E-state index in [1.165, 1.54) is 0 Å². The van der Waals surface area contributed by atoms with Gasteiger partial charge in [0.2, 0.25) is 0 Å². The number of aromatic amines is 2. The van der Waals surface area contributed by atoms with Crippen LogP contribution in [0, 0.1) is 0 Å². The summed E-state index contributed by atoms with van der Waals surface area (Å²) in [6.07, 6.45) is 5.26. The lowest BCUT2D eigenvalue weighted by molar-refractivity contribution is 1.11. The van der Waals surface area contributed by atoms with Gasteiger partial charge in [-0.3, -0.25) is 10.1 Å². The third-order valence-electron chi connectivity index (χ3n) is 2.90. The number of nitrogens with zero attached hydrogens (tertiary/aromatic N) is 4. The first-order valence-corrected chi connectivity index (χ1v) is 5.99. The maximum atomic E-state index is 6.09. The van der Waals surface area contributed by atoms with Gasteiger partial charge in [0, 0.05) is 24.2 Å². The maximum Gasteiger partial charge on any atom is 0.163 e. The van der Waals surface area contributed by atoms with Crippen LogP contribution in [-0.4, -0.2) is 30.1 Å². The molecule has 4 aromatic rings. The molecule has 0 aliphatic rings. The molecule has 0 bridgehead atoms. The molecule has 6 nitrogen and oxygen atoms in total. The first-order chi connectivity index (χ1) is 9.31. The van der Waals surface area contributed by atoms with Crippen molar-refractivity contribution in [2.75, 3.05) is 0 Å². The smallest absolute Gasteiger partial charge is 0.163 e. The number of H-pyrrole nitrogens is 2. The largest absolute Gasteiger partial charge is 0.360 e. The quantitative estimate of drug-likeness (QED) is 0.521. The standard InChI is InChI=1S/C12H7ClN6/c13-11-10-9(5-16-19-10)17-12(18-11)6-3-8-7(15-4-6)1-2-14-8/h1-5,14H,(H,16,19). The van der Waals surface area contributed by atoms with Crippen molar-refractivity contribution in [2.24, 2.45) is 0 Å². The molecule has 92 valence electrons. The van der Waals surface area contributed by atoms with E-state index in [1.54, 1.807) is 12.4 Å². The molecule has 0 atom stereocenters. The Labute approximate surface area is 111 Å². The molecule has 0 spiro atoms. The molecule has 4 rings (SSSR count). The number of pyridine rings is 1. The Bertz CT molecular complexity index is 893. The SMILES string of the molecule is Clc1nc(-c2cnc3cc[nH]c3c2)nc2c[nH]nc12. The first kappa shape index (κ1) is 10.5. The van der Waals surface area contributed by atoms with Crippen molar-refractivity contribution in [1.82, 2.24) is 30.1 Å². The van der Waals surface area contributed by atoms with Crippen molar-refractivity contribution < 1.29 is 0 Å². The molecule has 0 saturated heterocycles. The molecule has 0 aliphatic heterocycles. The van der Waals surface area contributed by atoms with Crippen LogP contribution in [0.25, 0.3) is 33.5 Å². The van der Waals surface area contributed by atoms with Crippen LogP contribution >= 0.6 is 11.6 Å². The third-order valence-corrected chi connectivity index (χ3v) is 3.17. The predicted octanol–water partition coefficient (Wildman–Crippen LogP) is 2.55. The van der Waals surface area contributed by atoms with Gasteiger partial charge >= 0.3 is 0 Å². The molecule has 0 aromatic carbocycles. The molecule has 0 saturated carbocycles. The highest BCUT2D eigenvalue weighted by molar-refractivity contribution is 6.33. The zero-order valence-corrected chi connectivity index (χ0v) is 10.3. The minimum atomic E-state index is 0.327. The molecule has 7 heteroatoms. The summed E-state index contributed by atoms with van der Waals surface area (Å²) < 4.78 is 0. The number of fused-ring (bicyclic) bond motifs is 2. The summed E-state index contributed by atoms with van der Waals surface area (Å²) in [5, 5.41) is 7.04. The Morgan fingerprint density at radius 1 is 1.16 bits per heavy atom. The summed E-state index contributed by atoms with van der Waals surface area (Å²) in [7, 11) is 0. The summed E-state index contributed by atoms with van der Waals surface area (Å²) in [6.45, 7) is 0. The van der Waals surface area contributed by atoms with Gasteiger partial charge in [0.05, 0.1) is 11.0 Å². The lowest BCUT2D eigenvalue weighted by atomic mass is 10.2. The predicted molar refractivity (Wildman–Crippen MR) is 71.8 cm³/mol. The Morgan fingerprint density at radius 2 is 2.11 bits per heavy atom. The van der Waals surface area contributed by atoms with E-state index in [0.717, 1.165) is 16.6 Å². The summed E-state index contributed by atoms with van der Waals surface area (Å²) in [5.41, 5.74) is 3.89. The second kappa shape index (κ2) is 3.76. The van der Waals surface area contributed by atoms with Crippen LogP contribution in [0.4, 0.5) is 0 Å². The Kier molecular flexibility index (Phi) is 2.07. The summed E-state index contributed by atoms with van der Waals surface area (Å²) in [6, 6.07) is 3.85. The molecule has 2 N–H and O–H groups in total. The highest BCUT2D eigenvalue weighted by Crippen LogP contribution is 2.24. The zero-order valence-electron chi connectivity index (χ0n) is 9.55. The average molecular weight is 271 g/mol. The van der Waals surface area contributed by atoms with Crippen molar-refractivity contribution in [1.29, 1.82) is 0 Å². The van der Waals surface area contributed by atoms with Gasteiger partial charge in [-0.2, -0.15) is 5.10 Å². The van der Waals surface area contributed by atoms with E-state index in [9.17, 15) is 0 Å². The zero-order chi connectivity index (χ0) is 12.8. The van der Waals surface area contributed by atoms with Gasteiger partial charge in [-0.25, -0.2) is 9.97 Å². The van der Waals surface area contributed by atoms with Crippen molar-refractivity contribution in [3.63, 3.8) is 0 Å². The molecular weight excluding hydrogens is 264 g/mol. The fraction of sp³-hybridized carbons (Fsp3) is 0. The molecule has 0 fully saturated rings. The normalized spacial score (nSPS) is 11.4. The van der Waals surface area contributed by atoms with Crippen LogP contribution < -0.4 is 0 Å². The van der Waals surface area contributed by atoms with E-state index in [0.29, 0.717) is 22.0 Å². The van der Waals surface area contributed by atoms with E-state index in [4.69, 9.17) is 11.6 Å². The van der Waals surface area contributed by atoms with Crippen molar-refractivity contribution in [2.45, 2.75) is 0 Å². The van der Waals surface area contributed by atoms with Crippen LogP contribution in [0.2, 0.25) is 5.15 Å². The lowest BCUT2D eigenvalue weighted by Gasteiger charge is -2.01. The minimum absolute atomic E-state index is 0.327. The summed E-state index contributed by atoms with van der Waals surface area (Å²) in [4.78, 5) is 16.1. The van der Waals surface area contributed by atoms with Gasteiger partial charge in [0.1, 0.15) is 11.0 Å². The van der Waals surface area contributed by atoms with E-state index >= 15 is 0 Å². The summed E-state index contributed by atoms with van der Waals surface area (Å²) in [5.74, 6) is 0.530. The van der Waals surface area contributed by atoms with Crippen LogP contribution in [0.5, 0.6) is 0 Å². The average Bonchev–Trinajstić information content (AvgIpc) is 3.06. The molecule has 4 heterocycles. The molecule has 0 radical (unpaired) electrons. The molecule has 0 aliphatic carbocycles. The molecule has 19 heavy (non-hydrogen) atoms. The number of hydrogen-bond donors (Lipinski definition) is 2. The van der Waals surface area contributed by atoms with Gasteiger partial charge in [-0.15, -0.1) is 0 Å². The third kappa shape index (κ3) is 1.57. The van der Waals surface area contributed by atoms with E-state index in [2.05, 4.69) is 30.1 Å². The fourth-order valence-electron chi connectivity index (χ4n) is 1.99. The highest BCUT2D eigenvalue weighted by atomic mass is 35.5. The van der Waals surface area contributed by atoms with Crippen LogP contribution in [0.15, 0.2) is 30.7 Å². The van der Waals surface area contributed by atoms with E-state index < -0.39 is 0 Å². The Hall–Kier alpha value is -2.47. The molecule has 0 amide bonds. The fourth-order valence-corrected chi connectivity index (χ4v) is 2.21. The van der Waals surface area contributed by atoms with Crippen LogP contribution in [0.1, 0.15) is 0 Å². The maximum absolute atomic E-state index is 6.09. The van der Waals surface area contributed by atoms with Crippen LogP contribution in [-0.2, 0) is 0 Å². The van der Waals surface area contributed by atoms with Gasteiger partial charge in [-0.1, -0.05) is 11.6 Å². The second-order valence-corrected chi connectivity index (χ2v) is 4.45. The minimum Gasteiger partial charge on any atom is -0.360 e. The van der Waals surface area contributed by atoms with Crippen molar-refractivity contribution >= 4 is 33.7 Å². The Morgan fingerprint density at radius 3 is 3.05 bits per heavy atom. The Balaban J connectivity index is 1.97. The first-order valence-electron chi connectivity index (χ1n) is 5.62. The number of rotatable bonds is 1. The van der Waals surface area contributed by atoms with Crippen molar-refractivity contribution in [3.05, 3.63) is 35.9 Å². The van der Waals surface area contributed by atoms with Gasteiger partial charge < -0.3 is 4.98 Å². The van der Waals surface area contributed by atoms with Crippen LogP contribution in [0.3, 0.4) is 0 Å². The number of nitrogens with one attached hydrogen (secondary N) is 2. The summed E-state index contributed by atoms with van der Waals surface area (Å²) >= 11 is 6.09. The lowest BCUT2D eigenvalue weighted by Crippen LogP contribution is -1.91. The van der Waals surface area contributed by atoms with Gasteiger partial charge in [-0.05, 0) is 12.1 Å². The number of aromatic nitrogens is 6. The van der Waals surface area contributed by atoms with Gasteiger partial charge in [0.15, 0.2) is 11.0 Å². The molecule has 0 unspecified atom stereocenters. The number of hydrogen-bond acceptors (Lipinski definition) is 4. The monoisotopic (exact) mass is 270 g/mol. The highest BCUT2D eigenvalue weighted by Gasteiger charge is 2.10. The second-order valence-electron chi connectivity index (χ2n) is 4.09. The molecule has 4 aromatic heterocycles. The van der Waals surface area contributed by atoms with Gasteiger partial charge in [0.25, 0.3) is 0 Å². The molecular formula is C12H7ClN6. The van der Waals surface area contributed by atoms with E-state index in [1.807, 2.05) is 18.3 Å². The topological polar surface area (TPSA) is 83.1 Å². The van der Waals surface area contributed by atoms with Crippen molar-refractivity contribution in [3.8, 4) is 11.4 Å².